The van der Waals surface area contributed by atoms with Gasteiger partial charge in [0, 0.05) is 12.2 Å². The Morgan fingerprint density at radius 3 is 2.95 bits per heavy atom. The SMILES string of the molecule is CCOC(=O)c1cnc(C)nc1NC1CCSCC1. The number of aryl methyl sites for hydroxylation is 1. The zero-order chi connectivity index (χ0) is 13.7. The topological polar surface area (TPSA) is 64.1 Å². The van der Waals surface area contributed by atoms with Gasteiger partial charge in [0.25, 0.3) is 0 Å². The van der Waals surface area contributed by atoms with Gasteiger partial charge < -0.3 is 10.1 Å². The Morgan fingerprint density at radius 1 is 1.53 bits per heavy atom. The molecule has 1 aromatic rings. The van der Waals surface area contributed by atoms with Crippen LogP contribution in [0.15, 0.2) is 6.20 Å². The minimum absolute atomic E-state index is 0.353. The number of nitrogens with one attached hydrogen (secondary N) is 1. The van der Waals surface area contributed by atoms with Crippen LogP contribution < -0.4 is 5.32 Å². The van der Waals surface area contributed by atoms with Gasteiger partial charge in [-0.05, 0) is 38.2 Å². The third kappa shape index (κ3) is 3.83. The summed E-state index contributed by atoms with van der Waals surface area (Å²) in [6.07, 6.45) is 3.73. The summed E-state index contributed by atoms with van der Waals surface area (Å²) in [5.74, 6) is 3.19. The molecular formula is C13H19N3O2S. The van der Waals surface area contributed by atoms with Gasteiger partial charge in [0.2, 0.25) is 0 Å². The van der Waals surface area contributed by atoms with E-state index in [2.05, 4.69) is 15.3 Å². The van der Waals surface area contributed by atoms with Crippen molar-refractivity contribution in [3.05, 3.63) is 17.6 Å². The van der Waals surface area contributed by atoms with Crippen LogP contribution in [-0.4, -0.2) is 40.1 Å². The van der Waals surface area contributed by atoms with E-state index in [1.54, 1.807) is 13.1 Å². The first kappa shape index (κ1) is 14.1. The fraction of sp³-hybridized carbons (Fsp3) is 0.615. The van der Waals surface area contributed by atoms with E-state index in [0.717, 1.165) is 24.3 Å². The molecule has 104 valence electrons. The van der Waals surface area contributed by atoms with E-state index in [4.69, 9.17) is 4.74 Å². The molecule has 0 unspecified atom stereocenters. The van der Waals surface area contributed by atoms with Crippen LogP contribution >= 0.6 is 11.8 Å². The van der Waals surface area contributed by atoms with Crippen LogP contribution in [0.1, 0.15) is 35.9 Å². The predicted octanol–water partition coefficient (Wildman–Crippen LogP) is 2.27. The molecule has 0 saturated carbocycles. The minimum Gasteiger partial charge on any atom is -0.462 e. The van der Waals surface area contributed by atoms with Gasteiger partial charge in [0.05, 0.1) is 6.61 Å². The number of hydrogen-bond donors (Lipinski definition) is 1. The van der Waals surface area contributed by atoms with Gasteiger partial charge in [0.15, 0.2) is 0 Å². The highest BCUT2D eigenvalue weighted by Gasteiger charge is 2.19. The molecule has 1 aromatic heterocycles. The Hall–Kier alpha value is -1.30. The maximum absolute atomic E-state index is 11.9. The Balaban J connectivity index is 2.16. The lowest BCUT2D eigenvalue weighted by atomic mass is 10.1. The molecule has 5 nitrogen and oxygen atoms in total. The summed E-state index contributed by atoms with van der Waals surface area (Å²) in [5, 5.41) is 3.36. The standard InChI is InChI=1S/C13H19N3O2S/c1-3-18-13(17)11-8-14-9(2)15-12(11)16-10-4-6-19-7-5-10/h8,10H,3-7H2,1-2H3,(H,14,15,16). The second-order valence-corrected chi connectivity index (χ2v) is 5.66. The fourth-order valence-corrected chi connectivity index (χ4v) is 3.08. The third-order valence-electron chi connectivity index (χ3n) is 2.97. The molecule has 0 aliphatic carbocycles. The van der Waals surface area contributed by atoms with Gasteiger partial charge in [-0.2, -0.15) is 11.8 Å². The number of thioether (sulfide) groups is 1. The lowest BCUT2D eigenvalue weighted by Gasteiger charge is -2.23. The molecule has 2 rings (SSSR count). The van der Waals surface area contributed by atoms with Crippen LogP contribution in [0, 0.1) is 6.92 Å². The number of carbonyl (C=O) groups is 1. The summed E-state index contributed by atoms with van der Waals surface area (Å²) in [7, 11) is 0. The molecule has 1 N–H and O–H groups in total. The quantitative estimate of drug-likeness (QED) is 0.854. The molecule has 0 amide bonds. The number of aromatic nitrogens is 2. The second kappa shape index (κ2) is 6.75. The molecule has 0 radical (unpaired) electrons. The first-order valence-corrected chi connectivity index (χ1v) is 7.71. The smallest absolute Gasteiger partial charge is 0.343 e. The number of ether oxygens (including phenoxy) is 1. The van der Waals surface area contributed by atoms with Crippen LogP contribution in [0.4, 0.5) is 5.82 Å². The first-order valence-electron chi connectivity index (χ1n) is 6.55. The van der Waals surface area contributed by atoms with Crippen molar-refractivity contribution in [3.63, 3.8) is 0 Å². The van der Waals surface area contributed by atoms with Crippen LogP contribution in [-0.2, 0) is 4.74 Å². The highest BCUT2D eigenvalue weighted by Crippen LogP contribution is 2.22. The van der Waals surface area contributed by atoms with E-state index >= 15 is 0 Å². The monoisotopic (exact) mass is 281 g/mol. The van der Waals surface area contributed by atoms with Crippen molar-refractivity contribution < 1.29 is 9.53 Å². The number of anilines is 1. The average Bonchev–Trinajstić information content (AvgIpc) is 2.40. The Bertz CT molecular complexity index is 448. The van der Waals surface area contributed by atoms with E-state index < -0.39 is 0 Å². The van der Waals surface area contributed by atoms with Crippen LogP contribution in [0.5, 0.6) is 0 Å². The Labute approximate surface area is 117 Å². The van der Waals surface area contributed by atoms with Crippen molar-refractivity contribution in [1.82, 2.24) is 9.97 Å². The summed E-state index contributed by atoms with van der Waals surface area (Å²) < 4.78 is 5.03. The molecule has 0 bridgehead atoms. The van der Waals surface area contributed by atoms with Crippen molar-refractivity contribution in [2.75, 3.05) is 23.4 Å². The maximum atomic E-state index is 11.9. The van der Waals surface area contributed by atoms with E-state index in [0.29, 0.717) is 29.9 Å². The van der Waals surface area contributed by atoms with Crippen LogP contribution in [0.2, 0.25) is 0 Å². The van der Waals surface area contributed by atoms with Crippen molar-refractivity contribution >= 4 is 23.5 Å². The van der Waals surface area contributed by atoms with Crippen LogP contribution in [0.25, 0.3) is 0 Å². The van der Waals surface area contributed by atoms with Crippen molar-refractivity contribution in [1.29, 1.82) is 0 Å². The fourth-order valence-electron chi connectivity index (χ4n) is 1.97. The molecule has 6 heteroatoms. The lowest BCUT2D eigenvalue weighted by Crippen LogP contribution is -2.26. The number of esters is 1. The second-order valence-electron chi connectivity index (χ2n) is 4.43. The molecule has 1 aliphatic heterocycles. The first-order chi connectivity index (χ1) is 9.20. The molecule has 1 aliphatic rings. The van der Waals surface area contributed by atoms with E-state index in [1.807, 2.05) is 18.7 Å². The highest BCUT2D eigenvalue weighted by atomic mass is 32.2. The summed E-state index contributed by atoms with van der Waals surface area (Å²) in [6, 6.07) is 0.378. The highest BCUT2D eigenvalue weighted by molar-refractivity contribution is 7.99. The predicted molar refractivity (Wildman–Crippen MR) is 76.7 cm³/mol. The molecule has 0 aromatic carbocycles. The van der Waals surface area contributed by atoms with E-state index in [-0.39, 0.29) is 5.97 Å². The largest absolute Gasteiger partial charge is 0.462 e. The van der Waals surface area contributed by atoms with Crippen molar-refractivity contribution in [2.24, 2.45) is 0 Å². The van der Waals surface area contributed by atoms with Gasteiger partial charge in [-0.1, -0.05) is 0 Å². The third-order valence-corrected chi connectivity index (χ3v) is 4.02. The van der Waals surface area contributed by atoms with E-state index in [1.165, 1.54) is 0 Å². The van der Waals surface area contributed by atoms with Gasteiger partial charge in [-0.25, -0.2) is 14.8 Å². The van der Waals surface area contributed by atoms with E-state index in [9.17, 15) is 4.79 Å². The molecular weight excluding hydrogens is 262 g/mol. The normalized spacial score (nSPS) is 16.1. The lowest BCUT2D eigenvalue weighted by molar-refractivity contribution is 0.0526. The number of carbonyl (C=O) groups excluding carboxylic acids is 1. The van der Waals surface area contributed by atoms with Gasteiger partial charge in [-0.15, -0.1) is 0 Å². The molecule has 1 fully saturated rings. The Morgan fingerprint density at radius 2 is 2.26 bits per heavy atom. The zero-order valence-corrected chi connectivity index (χ0v) is 12.1. The number of rotatable bonds is 4. The molecule has 19 heavy (non-hydrogen) atoms. The van der Waals surface area contributed by atoms with Gasteiger partial charge in [0.1, 0.15) is 17.2 Å². The summed E-state index contributed by atoms with van der Waals surface area (Å²) in [6.45, 7) is 3.96. The summed E-state index contributed by atoms with van der Waals surface area (Å²) >= 11 is 1.97. The Kier molecular flexibility index (Phi) is 5.01. The number of hydrogen-bond acceptors (Lipinski definition) is 6. The average molecular weight is 281 g/mol. The number of nitrogens with zero attached hydrogens (tertiary/aromatic N) is 2. The summed E-state index contributed by atoms with van der Waals surface area (Å²) in [5.41, 5.74) is 0.422. The zero-order valence-electron chi connectivity index (χ0n) is 11.3. The maximum Gasteiger partial charge on any atom is 0.343 e. The van der Waals surface area contributed by atoms with Gasteiger partial charge >= 0.3 is 5.97 Å². The van der Waals surface area contributed by atoms with Gasteiger partial charge in [-0.3, -0.25) is 0 Å². The molecule has 1 saturated heterocycles. The molecule has 0 spiro atoms. The van der Waals surface area contributed by atoms with Crippen LogP contribution in [0.3, 0.4) is 0 Å². The molecule has 0 atom stereocenters. The van der Waals surface area contributed by atoms with Crippen molar-refractivity contribution in [3.8, 4) is 0 Å². The van der Waals surface area contributed by atoms with Crippen molar-refractivity contribution in [2.45, 2.75) is 32.7 Å². The minimum atomic E-state index is -0.366. The summed E-state index contributed by atoms with van der Waals surface area (Å²) in [4.78, 5) is 20.3. The molecule has 2 heterocycles.